The highest BCUT2D eigenvalue weighted by Crippen LogP contribution is 2.25. The summed E-state index contributed by atoms with van der Waals surface area (Å²) >= 11 is 1.37. The number of carbonyl (C=O) groups is 2. The Balaban J connectivity index is 1.34. The zero-order valence-electron chi connectivity index (χ0n) is 20.4. The first kappa shape index (κ1) is 24.8. The normalized spacial score (nSPS) is 13.8. The van der Waals surface area contributed by atoms with Gasteiger partial charge in [-0.15, -0.1) is 11.8 Å². The standard InChI is InChI=1S/C26H31N5O3S/c1-18(2)25-28-19(3)15-23(29-25)30-10-12-31(13-11-30)26(33)21-8-4-5-9-22(21)35-17-24(32)27-16-20-7-6-14-34-20/h4-9,14-15,18H,10-13,16-17H2,1-3H3,(H,27,32). The number of nitrogens with one attached hydrogen (secondary N) is 1. The first-order chi connectivity index (χ1) is 16.9. The van der Waals surface area contributed by atoms with Crippen molar-refractivity contribution in [2.75, 3.05) is 36.8 Å². The number of aryl methyl sites for hydroxylation is 1. The molecule has 1 aromatic carbocycles. The number of aromatic nitrogens is 2. The van der Waals surface area contributed by atoms with Gasteiger partial charge in [-0.1, -0.05) is 26.0 Å². The summed E-state index contributed by atoms with van der Waals surface area (Å²) in [6, 6.07) is 13.1. The molecule has 35 heavy (non-hydrogen) atoms. The molecule has 1 aliphatic rings. The minimum absolute atomic E-state index is 0.00881. The van der Waals surface area contributed by atoms with E-state index in [9.17, 15) is 9.59 Å². The Labute approximate surface area is 210 Å². The first-order valence-electron chi connectivity index (χ1n) is 11.8. The predicted molar refractivity (Wildman–Crippen MR) is 137 cm³/mol. The van der Waals surface area contributed by atoms with Crippen LogP contribution in [0.15, 0.2) is 58.0 Å². The molecule has 184 valence electrons. The fraction of sp³-hybridized carbons (Fsp3) is 0.385. The maximum absolute atomic E-state index is 13.3. The van der Waals surface area contributed by atoms with Crippen LogP contribution in [0.2, 0.25) is 0 Å². The Hall–Kier alpha value is -3.33. The average Bonchev–Trinajstić information content (AvgIpc) is 3.39. The molecule has 0 aliphatic carbocycles. The van der Waals surface area contributed by atoms with Gasteiger partial charge in [0.05, 0.1) is 24.1 Å². The van der Waals surface area contributed by atoms with Crippen molar-refractivity contribution < 1.29 is 14.0 Å². The van der Waals surface area contributed by atoms with Crippen LogP contribution in [0.1, 0.15) is 47.4 Å². The number of thioether (sulfide) groups is 1. The van der Waals surface area contributed by atoms with Crippen LogP contribution in [0.3, 0.4) is 0 Å². The summed E-state index contributed by atoms with van der Waals surface area (Å²) in [6.07, 6.45) is 1.58. The van der Waals surface area contributed by atoms with E-state index in [1.54, 1.807) is 12.3 Å². The number of anilines is 1. The third kappa shape index (κ3) is 6.42. The van der Waals surface area contributed by atoms with Gasteiger partial charge in [0, 0.05) is 48.8 Å². The SMILES string of the molecule is Cc1cc(N2CCN(C(=O)c3ccccc3SCC(=O)NCc3ccco3)CC2)nc(C(C)C)n1. The summed E-state index contributed by atoms with van der Waals surface area (Å²) in [5, 5.41) is 2.84. The molecule has 0 unspecified atom stereocenters. The molecule has 1 aliphatic heterocycles. The van der Waals surface area contributed by atoms with Crippen LogP contribution in [0.5, 0.6) is 0 Å². The minimum Gasteiger partial charge on any atom is -0.467 e. The Kier molecular flexibility index (Phi) is 8.07. The van der Waals surface area contributed by atoms with E-state index in [-0.39, 0.29) is 23.5 Å². The number of rotatable bonds is 8. The van der Waals surface area contributed by atoms with Gasteiger partial charge in [0.25, 0.3) is 5.91 Å². The van der Waals surface area contributed by atoms with E-state index in [1.807, 2.05) is 48.2 Å². The molecule has 1 saturated heterocycles. The molecule has 1 fully saturated rings. The van der Waals surface area contributed by atoms with Gasteiger partial charge >= 0.3 is 0 Å². The van der Waals surface area contributed by atoms with E-state index >= 15 is 0 Å². The lowest BCUT2D eigenvalue weighted by Gasteiger charge is -2.36. The Bertz CT molecular complexity index is 1160. The van der Waals surface area contributed by atoms with Crippen molar-refractivity contribution in [3.63, 3.8) is 0 Å². The van der Waals surface area contributed by atoms with E-state index in [4.69, 9.17) is 9.40 Å². The first-order valence-corrected chi connectivity index (χ1v) is 12.8. The van der Waals surface area contributed by atoms with Gasteiger partial charge in [0.15, 0.2) is 0 Å². The van der Waals surface area contributed by atoms with Gasteiger partial charge in [-0.05, 0) is 31.2 Å². The highest BCUT2D eigenvalue weighted by molar-refractivity contribution is 8.00. The fourth-order valence-corrected chi connectivity index (χ4v) is 4.74. The number of benzene rings is 1. The highest BCUT2D eigenvalue weighted by atomic mass is 32.2. The fourth-order valence-electron chi connectivity index (χ4n) is 3.87. The van der Waals surface area contributed by atoms with Crippen LogP contribution in [0.25, 0.3) is 0 Å². The van der Waals surface area contributed by atoms with Gasteiger partial charge in [-0.25, -0.2) is 9.97 Å². The maximum atomic E-state index is 13.3. The summed E-state index contributed by atoms with van der Waals surface area (Å²) < 4.78 is 5.24. The lowest BCUT2D eigenvalue weighted by molar-refractivity contribution is -0.118. The summed E-state index contributed by atoms with van der Waals surface area (Å²) in [7, 11) is 0. The third-order valence-corrected chi connectivity index (χ3v) is 6.85. The second-order valence-corrected chi connectivity index (χ2v) is 9.82. The molecule has 0 bridgehead atoms. The molecule has 2 amide bonds. The van der Waals surface area contributed by atoms with Crippen molar-refractivity contribution >= 4 is 29.4 Å². The zero-order chi connectivity index (χ0) is 24.8. The monoisotopic (exact) mass is 493 g/mol. The van der Waals surface area contributed by atoms with E-state index in [2.05, 4.69) is 29.0 Å². The van der Waals surface area contributed by atoms with Crippen molar-refractivity contribution in [2.45, 2.75) is 38.1 Å². The molecule has 3 heterocycles. The molecule has 8 nitrogen and oxygen atoms in total. The molecule has 0 spiro atoms. The minimum atomic E-state index is -0.108. The molecule has 0 radical (unpaired) electrons. The molecule has 0 saturated carbocycles. The second kappa shape index (κ2) is 11.4. The van der Waals surface area contributed by atoms with Crippen LogP contribution in [-0.2, 0) is 11.3 Å². The van der Waals surface area contributed by atoms with E-state index in [1.165, 1.54) is 11.8 Å². The Morgan fingerprint density at radius 2 is 1.86 bits per heavy atom. The number of amides is 2. The van der Waals surface area contributed by atoms with Crippen LogP contribution in [-0.4, -0.2) is 58.6 Å². The number of hydrogen-bond acceptors (Lipinski definition) is 7. The Morgan fingerprint density at radius 3 is 2.57 bits per heavy atom. The summed E-state index contributed by atoms with van der Waals surface area (Å²) in [5.74, 6) is 2.84. The number of piperazine rings is 1. The highest BCUT2D eigenvalue weighted by Gasteiger charge is 2.25. The molecule has 0 atom stereocenters. The van der Waals surface area contributed by atoms with Crippen molar-refractivity contribution in [3.05, 3.63) is 71.6 Å². The van der Waals surface area contributed by atoms with Gasteiger partial charge in [0.1, 0.15) is 17.4 Å². The third-order valence-electron chi connectivity index (χ3n) is 5.78. The number of nitrogens with zero attached hydrogens (tertiary/aromatic N) is 4. The van der Waals surface area contributed by atoms with E-state index in [0.717, 1.165) is 22.2 Å². The molecular weight excluding hydrogens is 462 g/mol. The quantitative estimate of drug-likeness (QED) is 0.476. The van der Waals surface area contributed by atoms with Crippen LogP contribution in [0.4, 0.5) is 5.82 Å². The van der Waals surface area contributed by atoms with E-state index < -0.39 is 0 Å². The molecule has 9 heteroatoms. The molecule has 3 aromatic rings. The van der Waals surface area contributed by atoms with Crippen molar-refractivity contribution in [1.29, 1.82) is 0 Å². The van der Waals surface area contributed by atoms with Gasteiger partial charge in [0.2, 0.25) is 5.91 Å². The van der Waals surface area contributed by atoms with Crippen LogP contribution in [0, 0.1) is 6.92 Å². The zero-order valence-corrected chi connectivity index (χ0v) is 21.2. The topological polar surface area (TPSA) is 91.6 Å². The lowest BCUT2D eigenvalue weighted by Crippen LogP contribution is -2.49. The number of furan rings is 1. The predicted octanol–water partition coefficient (Wildman–Crippen LogP) is 3.87. The van der Waals surface area contributed by atoms with Gasteiger partial charge in [-0.3, -0.25) is 9.59 Å². The summed E-state index contributed by atoms with van der Waals surface area (Å²) in [6.45, 7) is 9.17. The average molecular weight is 494 g/mol. The van der Waals surface area contributed by atoms with Crippen molar-refractivity contribution in [2.24, 2.45) is 0 Å². The van der Waals surface area contributed by atoms with E-state index in [0.29, 0.717) is 44.0 Å². The molecule has 4 rings (SSSR count). The number of hydrogen-bond donors (Lipinski definition) is 1. The summed E-state index contributed by atoms with van der Waals surface area (Å²) in [4.78, 5) is 39.8. The van der Waals surface area contributed by atoms with Gasteiger partial charge < -0.3 is 19.5 Å². The molecule has 2 aromatic heterocycles. The maximum Gasteiger partial charge on any atom is 0.255 e. The van der Waals surface area contributed by atoms with Crippen LogP contribution < -0.4 is 10.2 Å². The Morgan fingerprint density at radius 1 is 1.09 bits per heavy atom. The molecular formula is C26H31N5O3S. The smallest absolute Gasteiger partial charge is 0.255 e. The number of carbonyl (C=O) groups excluding carboxylic acids is 2. The van der Waals surface area contributed by atoms with Gasteiger partial charge in [-0.2, -0.15) is 0 Å². The van der Waals surface area contributed by atoms with Crippen LogP contribution >= 0.6 is 11.8 Å². The lowest BCUT2D eigenvalue weighted by atomic mass is 10.1. The second-order valence-electron chi connectivity index (χ2n) is 8.80. The van der Waals surface area contributed by atoms with Crippen molar-refractivity contribution in [1.82, 2.24) is 20.2 Å². The molecule has 1 N–H and O–H groups in total. The largest absolute Gasteiger partial charge is 0.467 e. The summed E-state index contributed by atoms with van der Waals surface area (Å²) in [5.41, 5.74) is 1.58. The van der Waals surface area contributed by atoms with Crippen molar-refractivity contribution in [3.8, 4) is 0 Å².